The topological polar surface area (TPSA) is 106 Å². The molecule has 1 heterocycles. The third kappa shape index (κ3) is 7.19. The molecule has 2 aromatic carbocycles. The first-order valence-electron chi connectivity index (χ1n) is 10.2. The summed E-state index contributed by atoms with van der Waals surface area (Å²) in [5.41, 5.74) is -0.132. The number of carbonyl (C=O) groups is 1. The van der Waals surface area contributed by atoms with Gasteiger partial charge in [0, 0.05) is 43.5 Å². The summed E-state index contributed by atoms with van der Waals surface area (Å²) in [4.78, 5) is 26.3. The SMILES string of the molecule is O=C(CCNc1ccc(C(F)(F)F)cc1[N+](=O)[O-])NCc1ccc(OCc2cccnc2)cc1. The molecule has 0 saturated carbocycles. The van der Waals surface area contributed by atoms with E-state index in [4.69, 9.17) is 4.74 Å². The second kappa shape index (κ2) is 11.1. The van der Waals surface area contributed by atoms with E-state index >= 15 is 0 Å². The average molecular weight is 474 g/mol. The number of benzene rings is 2. The number of amides is 1. The molecule has 1 amide bonds. The van der Waals surface area contributed by atoms with Gasteiger partial charge >= 0.3 is 6.18 Å². The van der Waals surface area contributed by atoms with Crippen molar-refractivity contribution >= 4 is 17.3 Å². The van der Waals surface area contributed by atoms with E-state index in [0.717, 1.165) is 23.3 Å². The van der Waals surface area contributed by atoms with Gasteiger partial charge in [-0.25, -0.2) is 0 Å². The molecule has 0 aliphatic carbocycles. The minimum absolute atomic E-state index is 0.0131. The molecule has 11 heteroatoms. The number of rotatable bonds is 10. The van der Waals surface area contributed by atoms with Crippen LogP contribution in [0.25, 0.3) is 0 Å². The number of hydrogen-bond acceptors (Lipinski definition) is 6. The fourth-order valence-electron chi connectivity index (χ4n) is 2.96. The summed E-state index contributed by atoms with van der Waals surface area (Å²) in [6.45, 7) is 0.662. The molecule has 0 fully saturated rings. The molecule has 3 aromatic rings. The lowest BCUT2D eigenvalue weighted by atomic mass is 10.1. The molecule has 2 N–H and O–H groups in total. The number of aromatic nitrogens is 1. The van der Waals surface area contributed by atoms with Crippen LogP contribution < -0.4 is 15.4 Å². The van der Waals surface area contributed by atoms with Crippen LogP contribution in [0.3, 0.4) is 0 Å². The molecule has 8 nitrogen and oxygen atoms in total. The summed E-state index contributed by atoms with van der Waals surface area (Å²) < 4.78 is 44.0. The largest absolute Gasteiger partial charge is 0.489 e. The highest BCUT2D eigenvalue weighted by atomic mass is 19.4. The van der Waals surface area contributed by atoms with Gasteiger partial charge in [-0.2, -0.15) is 13.2 Å². The standard InChI is InChI=1S/C23H21F3N4O4/c24-23(25,26)18-5-8-20(21(12-18)30(32)33)28-11-9-22(31)29-14-16-3-6-19(7-4-16)34-15-17-2-1-10-27-13-17/h1-8,10,12-13,28H,9,11,14-15H2,(H,29,31). The quantitative estimate of drug-likeness (QED) is 0.326. The highest BCUT2D eigenvalue weighted by molar-refractivity contribution is 5.76. The molecule has 0 spiro atoms. The molecule has 0 aliphatic rings. The van der Waals surface area contributed by atoms with Crippen LogP contribution in [0.5, 0.6) is 5.75 Å². The second-order valence-corrected chi connectivity index (χ2v) is 7.23. The van der Waals surface area contributed by atoms with Gasteiger partial charge in [-0.1, -0.05) is 18.2 Å². The van der Waals surface area contributed by atoms with Gasteiger partial charge in [0.25, 0.3) is 5.69 Å². The summed E-state index contributed by atoms with van der Waals surface area (Å²) in [6, 6.07) is 13.1. The third-order valence-electron chi connectivity index (χ3n) is 4.73. The van der Waals surface area contributed by atoms with E-state index in [1.165, 1.54) is 0 Å². The molecule has 1 aromatic heterocycles. The number of nitrogens with one attached hydrogen (secondary N) is 2. The molecule has 178 valence electrons. The minimum Gasteiger partial charge on any atom is -0.489 e. The molecule has 34 heavy (non-hydrogen) atoms. The predicted molar refractivity (Wildman–Crippen MR) is 118 cm³/mol. The Morgan fingerprint density at radius 3 is 2.50 bits per heavy atom. The molecule has 0 saturated heterocycles. The van der Waals surface area contributed by atoms with Crippen molar-refractivity contribution in [3.63, 3.8) is 0 Å². The van der Waals surface area contributed by atoms with E-state index < -0.39 is 22.4 Å². The van der Waals surface area contributed by atoms with E-state index in [1.807, 2.05) is 24.3 Å². The normalized spacial score (nSPS) is 11.0. The van der Waals surface area contributed by atoms with Crippen molar-refractivity contribution in [2.45, 2.75) is 25.7 Å². The van der Waals surface area contributed by atoms with Gasteiger partial charge in [-0.3, -0.25) is 19.9 Å². The fourth-order valence-corrected chi connectivity index (χ4v) is 2.96. The Balaban J connectivity index is 1.44. The van der Waals surface area contributed by atoms with E-state index in [9.17, 15) is 28.1 Å². The van der Waals surface area contributed by atoms with Crippen LogP contribution >= 0.6 is 0 Å². The first-order valence-corrected chi connectivity index (χ1v) is 10.2. The van der Waals surface area contributed by atoms with Crippen molar-refractivity contribution < 1.29 is 27.6 Å². The van der Waals surface area contributed by atoms with Crippen LogP contribution in [0.15, 0.2) is 67.0 Å². The van der Waals surface area contributed by atoms with E-state index in [2.05, 4.69) is 15.6 Å². The maximum Gasteiger partial charge on any atom is 0.416 e. The molecular formula is C23H21F3N4O4. The van der Waals surface area contributed by atoms with Crippen LogP contribution in [0.1, 0.15) is 23.1 Å². The first kappa shape index (κ1) is 24.5. The van der Waals surface area contributed by atoms with Crippen molar-refractivity contribution in [3.05, 3.63) is 93.8 Å². The van der Waals surface area contributed by atoms with Crippen LogP contribution in [-0.4, -0.2) is 22.4 Å². The smallest absolute Gasteiger partial charge is 0.416 e. The summed E-state index contributed by atoms with van der Waals surface area (Å²) in [7, 11) is 0. The van der Waals surface area contributed by atoms with Crippen molar-refractivity contribution in [3.8, 4) is 5.75 Å². The Bertz CT molecular complexity index is 1120. The van der Waals surface area contributed by atoms with Gasteiger partial charge in [0.05, 0.1) is 10.5 Å². The molecule has 3 rings (SSSR count). The Morgan fingerprint density at radius 2 is 1.85 bits per heavy atom. The number of carbonyl (C=O) groups excluding carboxylic acids is 1. The monoisotopic (exact) mass is 474 g/mol. The zero-order valence-electron chi connectivity index (χ0n) is 17.8. The number of pyridine rings is 1. The van der Waals surface area contributed by atoms with Gasteiger partial charge in [-0.05, 0) is 35.9 Å². The molecule has 0 atom stereocenters. The summed E-state index contributed by atoms with van der Waals surface area (Å²) >= 11 is 0. The second-order valence-electron chi connectivity index (χ2n) is 7.23. The van der Waals surface area contributed by atoms with Gasteiger partial charge in [0.15, 0.2) is 0 Å². The van der Waals surface area contributed by atoms with Gasteiger partial charge < -0.3 is 15.4 Å². The van der Waals surface area contributed by atoms with Gasteiger partial charge in [0.1, 0.15) is 18.0 Å². The number of anilines is 1. The highest BCUT2D eigenvalue weighted by Crippen LogP contribution is 2.34. The number of halogens is 3. The lowest BCUT2D eigenvalue weighted by Crippen LogP contribution is -2.25. The fraction of sp³-hybridized carbons (Fsp3) is 0.217. The Labute approximate surface area is 192 Å². The minimum atomic E-state index is -4.69. The number of ether oxygens (including phenoxy) is 1. The van der Waals surface area contributed by atoms with E-state index in [1.54, 1.807) is 24.5 Å². The number of nitrogens with zero attached hydrogens (tertiary/aromatic N) is 2. The summed E-state index contributed by atoms with van der Waals surface area (Å²) in [5, 5.41) is 16.5. The van der Waals surface area contributed by atoms with Crippen LogP contribution in [-0.2, 0) is 24.1 Å². The average Bonchev–Trinajstić information content (AvgIpc) is 2.82. The Morgan fingerprint density at radius 1 is 1.09 bits per heavy atom. The van der Waals surface area contributed by atoms with Gasteiger partial charge in [0.2, 0.25) is 5.91 Å². The molecule has 0 unspecified atom stereocenters. The van der Waals surface area contributed by atoms with Crippen LogP contribution in [0, 0.1) is 10.1 Å². The zero-order chi connectivity index (χ0) is 24.6. The summed E-state index contributed by atoms with van der Waals surface area (Å²) in [5.74, 6) is 0.347. The maximum atomic E-state index is 12.8. The molecular weight excluding hydrogens is 453 g/mol. The zero-order valence-corrected chi connectivity index (χ0v) is 17.8. The van der Waals surface area contributed by atoms with Crippen molar-refractivity contribution in [2.75, 3.05) is 11.9 Å². The first-order chi connectivity index (χ1) is 16.2. The summed E-state index contributed by atoms with van der Waals surface area (Å²) in [6.07, 6.45) is -1.31. The van der Waals surface area contributed by atoms with Crippen LogP contribution in [0.4, 0.5) is 24.5 Å². The predicted octanol–water partition coefficient (Wildman–Crippen LogP) is 4.71. The van der Waals surface area contributed by atoms with E-state index in [0.29, 0.717) is 18.4 Å². The lowest BCUT2D eigenvalue weighted by Gasteiger charge is -2.11. The Kier molecular flexibility index (Phi) is 8.01. The molecule has 0 radical (unpaired) electrons. The van der Waals surface area contributed by atoms with Crippen molar-refractivity contribution in [1.29, 1.82) is 0 Å². The van der Waals surface area contributed by atoms with Crippen LogP contribution in [0.2, 0.25) is 0 Å². The third-order valence-corrected chi connectivity index (χ3v) is 4.73. The number of nitro benzene ring substituents is 1. The van der Waals surface area contributed by atoms with Crippen molar-refractivity contribution in [2.24, 2.45) is 0 Å². The number of alkyl halides is 3. The highest BCUT2D eigenvalue weighted by Gasteiger charge is 2.33. The molecule has 0 bridgehead atoms. The molecule has 0 aliphatic heterocycles. The Hall–Kier alpha value is -4.15. The number of nitro groups is 1. The number of hydrogen-bond donors (Lipinski definition) is 2. The van der Waals surface area contributed by atoms with Crippen molar-refractivity contribution in [1.82, 2.24) is 10.3 Å². The maximum absolute atomic E-state index is 12.8. The van der Waals surface area contributed by atoms with Gasteiger partial charge in [-0.15, -0.1) is 0 Å². The van der Waals surface area contributed by atoms with E-state index in [-0.39, 0.29) is 31.1 Å². The lowest BCUT2D eigenvalue weighted by molar-refractivity contribution is -0.384.